The highest BCUT2D eigenvalue weighted by atomic mass is 16.5. The molecule has 0 spiro atoms. The molecule has 0 fully saturated rings. The topological polar surface area (TPSA) is 72.1 Å². The average Bonchev–Trinajstić information content (AvgIpc) is 2.81. The van der Waals surface area contributed by atoms with Gasteiger partial charge in [-0.1, -0.05) is 19.1 Å². The Morgan fingerprint density at radius 3 is 2.56 bits per heavy atom. The largest absolute Gasteiger partial charge is 0.497 e. The molecule has 3 rings (SSSR count). The lowest BCUT2D eigenvalue weighted by Crippen LogP contribution is -2.49. The van der Waals surface area contributed by atoms with Gasteiger partial charge in [-0.15, -0.1) is 0 Å². The van der Waals surface area contributed by atoms with Crippen LogP contribution in [0.4, 0.5) is 4.79 Å². The van der Waals surface area contributed by atoms with E-state index < -0.39 is 0 Å². The first-order valence-corrected chi connectivity index (χ1v) is 11.2. The number of carbonyl (C=O) groups is 1. The van der Waals surface area contributed by atoms with Crippen LogP contribution in [-0.2, 0) is 13.0 Å². The van der Waals surface area contributed by atoms with Gasteiger partial charge in [-0.3, -0.25) is 4.90 Å². The van der Waals surface area contributed by atoms with Gasteiger partial charge >= 0.3 is 6.03 Å². The van der Waals surface area contributed by atoms with E-state index in [2.05, 4.69) is 46.7 Å². The molecule has 2 amide bonds. The first kappa shape index (κ1) is 23.7. The maximum absolute atomic E-state index is 12.4. The fourth-order valence-electron chi connectivity index (χ4n) is 4.37. The Morgan fingerprint density at radius 2 is 1.88 bits per heavy atom. The molecule has 0 aromatic heterocycles. The minimum atomic E-state index is -0.145. The molecule has 2 N–H and O–H groups in total. The first-order valence-electron chi connectivity index (χ1n) is 11.2. The number of hydrogen-bond donors (Lipinski definition) is 2. The highest BCUT2D eigenvalue weighted by Crippen LogP contribution is 2.40. The van der Waals surface area contributed by atoms with Crippen LogP contribution in [0.2, 0.25) is 0 Å². The van der Waals surface area contributed by atoms with Crippen LogP contribution in [0.3, 0.4) is 0 Å². The Morgan fingerprint density at radius 1 is 1.12 bits per heavy atom. The van der Waals surface area contributed by atoms with Gasteiger partial charge in [0.05, 0.1) is 27.4 Å². The summed E-state index contributed by atoms with van der Waals surface area (Å²) in [7, 11) is 4.98. The maximum atomic E-state index is 12.4. The van der Waals surface area contributed by atoms with Crippen molar-refractivity contribution in [2.24, 2.45) is 0 Å². The zero-order valence-electron chi connectivity index (χ0n) is 19.7. The lowest BCUT2D eigenvalue weighted by atomic mass is 9.87. The smallest absolute Gasteiger partial charge is 0.315 e. The second-order valence-electron chi connectivity index (χ2n) is 8.11. The molecule has 7 nitrogen and oxygen atoms in total. The number of nitrogens with one attached hydrogen (secondary N) is 2. The molecule has 1 aliphatic heterocycles. The molecule has 1 aliphatic rings. The third kappa shape index (κ3) is 5.46. The van der Waals surface area contributed by atoms with E-state index in [1.165, 1.54) is 11.1 Å². The normalized spacial score (nSPS) is 16.6. The number of fused-ring (bicyclic) bond motifs is 1. The molecule has 0 bridgehead atoms. The van der Waals surface area contributed by atoms with Gasteiger partial charge in [0.2, 0.25) is 0 Å². The summed E-state index contributed by atoms with van der Waals surface area (Å²) in [4.78, 5) is 14.8. The second kappa shape index (κ2) is 11.1. The standard InChI is InChI=1S/C25H35N3O4/c1-6-11-26-25(29)27-17(2)24-21-15-23(32-5)22(31-4)14-19(21)10-12-28(24)16-18-8-7-9-20(13-18)30-3/h7-9,13-15,17,24H,6,10-12,16H2,1-5H3,(H2,26,27,29)/t17-,24+/m1/s1. The molecule has 0 saturated carbocycles. The van der Waals surface area contributed by atoms with E-state index in [0.29, 0.717) is 12.3 Å². The minimum absolute atomic E-state index is 0.0165. The van der Waals surface area contributed by atoms with Crippen LogP contribution in [0.15, 0.2) is 36.4 Å². The number of hydrogen-bond acceptors (Lipinski definition) is 5. The van der Waals surface area contributed by atoms with E-state index >= 15 is 0 Å². The van der Waals surface area contributed by atoms with Crippen molar-refractivity contribution in [2.75, 3.05) is 34.4 Å². The van der Waals surface area contributed by atoms with Crippen molar-refractivity contribution in [2.45, 2.75) is 45.3 Å². The minimum Gasteiger partial charge on any atom is -0.497 e. The lowest BCUT2D eigenvalue weighted by Gasteiger charge is -2.41. The van der Waals surface area contributed by atoms with Gasteiger partial charge in [-0.25, -0.2) is 4.79 Å². The Bertz CT molecular complexity index is 918. The third-order valence-corrected chi connectivity index (χ3v) is 5.91. The Hall–Kier alpha value is -2.93. The summed E-state index contributed by atoms with van der Waals surface area (Å²) in [6.07, 6.45) is 1.79. The van der Waals surface area contributed by atoms with Gasteiger partial charge in [-0.2, -0.15) is 0 Å². The Kier molecular flexibility index (Phi) is 8.22. The van der Waals surface area contributed by atoms with Gasteiger partial charge in [0.1, 0.15) is 5.75 Å². The summed E-state index contributed by atoms with van der Waals surface area (Å²) in [5, 5.41) is 6.06. The molecule has 0 radical (unpaired) electrons. The highest BCUT2D eigenvalue weighted by Gasteiger charge is 2.33. The van der Waals surface area contributed by atoms with Crippen LogP contribution in [0.25, 0.3) is 0 Å². The SMILES string of the molecule is CCCNC(=O)N[C@H](C)[C@H]1c2cc(OC)c(OC)cc2CCN1Cc1cccc(OC)c1. The van der Waals surface area contributed by atoms with Crippen LogP contribution < -0.4 is 24.8 Å². The molecule has 0 unspecified atom stereocenters. The van der Waals surface area contributed by atoms with Crippen molar-refractivity contribution in [1.82, 2.24) is 15.5 Å². The summed E-state index contributed by atoms with van der Waals surface area (Å²) in [6.45, 7) is 6.36. The Balaban J connectivity index is 1.94. The van der Waals surface area contributed by atoms with Crippen molar-refractivity contribution in [3.05, 3.63) is 53.1 Å². The van der Waals surface area contributed by atoms with Gasteiger partial charge in [0.25, 0.3) is 0 Å². The average molecular weight is 442 g/mol. The van der Waals surface area contributed by atoms with Crippen molar-refractivity contribution >= 4 is 6.03 Å². The number of amides is 2. The number of ether oxygens (including phenoxy) is 3. The molecule has 0 aliphatic carbocycles. The molecular weight excluding hydrogens is 406 g/mol. The van der Waals surface area contributed by atoms with Gasteiger partial charge in [0.15, 0.2) is 11.5 Å². The molecule has 2 aromatic carbocycles. The zero-order chi connectivity index (χ0) is 23.1. The molecule has 7 heteroatoms. The van der Waals surface area contributed by atoms with Crippen molar-refractivity contribution < 1.29 is 19.0 Å². The number of rotatable bonds is 9. The van der Waals surface area contributed by atoms with Gasteiger partial charge in [-0.05, 0) is 60.7 Å². The fraction of sp³-hybridized carbons (Fsp3) is 0.480. The number of urea groups is 1. The Labute approximate surface area is 191 Å². The summed E-state index contributed by atoms with van der Waals surface area (Å²) >= 11 is 0. The van der Waals surface area contributed by atoms with Crippen molar-refractivity contribution in [1.29, 1.82) is 0 Å². The maximum Gasteiger partial charge on any atom is 0.315 e. The molecule has 2 atom stereocenters. The lowest BCUT2D eigenvalue weighted by molar-refractivity contribution is 0.143. The van der Waals surface area contributed by atoms with Crippen LogP contribution in [0.5, 0.6) is 17.2 Å². The monoisotopic (exact) mass is 441 g/mol. The molecular formula is C25H35N3O4. The number of methoxy groups -OCH3 is 3. The van der Waals surface area contributed by atoms with Crippen LogP contribution in [0, 0.1) is 0 Å². The predicted octanol–water partition coefficient (Wildman–Crippen LogP) is 3.91. The highest BCUT2D eigenvalue weighted by molar-refractivity contribution is 5.74. The van der Waals surface area contributed by atoms with E-state index in [4.69, 9.17) is 14.2 Å². The van der Waals surface area contributed by atoms with E-state index in [-0.39, 0.29) is 18.1 Å². The van der Waals surface area contributed by atoms with Gasteiger partial charge < -0.3 is 24.8 Å². The van der Waals surface area contributed by atoms with Crippen LogP contribution >= 0.6 is 0 Å². The van der Waals surface area contributed by atoms with E-state index in [1.807, 2.05) is 19.1 Å². The molecule has 174 valence electrons. The molecule has 2 aromatic rings. The van der Waals surface area contributed by atoms with Crippen LogP contribution in [-0.4, -0.2) is 51.4 Å². The van der Waals surface area contributed by atoms with Crippen LogP contribution in [0.1, 0.15) is 43.0 Å². The predicted molar refractivity (Wildman–Crippen MR) is 126 cm³/mol. The first-order chi connectivity index (χ1) is 15.5. The van der Waals surface area contributed by atoms with Crippen molar-refractivity contribution in [3.63, 3.8) is 0 Å². The summed E-state index contributed by atoms with van der Waals surface area (Å²) < 4.78 is 16.5. The molecule has 0 saturated heterocycles. The second-order valence-corrected chi connectivity index (χ2v) is 8.11. The fourth-order valence-corrected chi connectivity index (χ4v) is 4.37. The van der Waals surface area contributed by atoms with Gasteiger partial charge in [0, 0.05) is 25.7 Å². The van der Waals surface area contributed by atoms with Crippen molar-refractivity contribution in [3.8, 4) is 17.2 Å². The zero-order valence-corrected chi connectivity index (χ0v) is 19.7. The summed E-state index contributed by atoms with van der Waals surface area (Å²) in [5.41, 5.74) is 3.54. The summed E-state index contributed by atoms with van der Waals surface area (Å²) in [5.74, 6) is 2.27. The molecule has 1 heterocycles. The van der Waals surface area contributed by atoms with E-state index in [1.54, 1.807) is 21.3 Å². The number of carbonyl (C=O) groups excluding carboxylic acids is 1. The third-order valence-electron chi connectivity index (χ3n) is 5.91. The van der Waals surface area contributed by atoms with E-state index in [9.17, 15) is 4.79 Å². The number of nitrogens with zero attached hydrogens (tertiary/aromatic N) is 1. The number of benzene rings is 2. The van der Waals surface area contributed by atoms with E-state index in [0.717, 1.165) is 43.0 Å². The quantitative estimate of drug-likeness (QED) is 0.617. The summed E-state index contributed by atoms with van der Waals surface area (Å²) in [6, 6.07) is 12.0. The molecule has 32 heavy (non-hydrogen) atoms.